The number of aryl methyl sites for hydroxylation is 1. The zero-order valence-electron chi connectivity index (χ0n) is 12.9. The van der Waals surface area contributed by atoms with Crippen LogP contribution in [0.15, 0.2) is 12.4 Å². The SMILES string of the molecule is Cc1nccn1CC1(CNC(=O)NCCNS(C)(=O)=O)CC1. The van der Waals surface area contributed by atoms with Crippen LogP contribution in [-0.4, -0.2) is 49.9 Å². The minimum absolute atomic E-state index is 0.119. The predicted octanol–water partition coefficient (Wildman–Crippen LogP) is -0.180. The lowest BCUT2D eigenvalue weighted by Gasteiger charge is -2.18. The van der Waals surface area contributed by atoms with Crippen molar-refractivity contribution in [1.29, 1.82) is 0 Å². The Hall–Kier alpha value is -1.61. The first-order valence-corrected chi connectivity index (χ1v) is 9.13. The highest BCUT2D eigenvalue weighted by molar-refractivity contribution is 7.88. The van der Waals surface area contributed by atoms with Crippen molar-refractivity contribution in [2.75, 3.05) is 25.9 Å². The summed E-state index contributed by atoms with van der Waals surface area (Å²) in [6, 6.07) is -0.274. The molecule has 0 radical (unpaired) electrons. The van der Waals surface area contributed by atoms with Crippen LogP contribution in [-0.2, 0) is 16.6 Å². The highest BCUT2D eigenvalue weighted by Gasteiger charge is 2.43. The summed E-state index contributed by atoms with van der Waals surface area (Å²) in [5.74, 6) is 0.975. The van der Waals surface area contributed by atoms with E-state index >= 15 is 0 Å². The number of hydrogen-bond acceptors (Lipinski definition) is 4. The molecule has 2 amide bonds. The van der Waals surface area contributed by atoms with E-state index in [1.807, 2.05) is 13.1 Å². The van der Waals surface area contributed by atoms with Crippen molar-refractivity contribution in [3.63, 3.8) is 0 Å². The molecule has 2 rings (SSSR count). The van der Waals surface area contributed by atoms with Crippen molar-refractivity contribution in [2.45, 2.75) is 26.3 Å². The van der Waals surface area contributed by atoms with E-state index in [4.69, 9.17) is 0 Å². The molecule has 1 aromatic rings. The van der Waals surface area contributed by atoms with E-state index < -0.39 is 10.0 Å². The standard InChI is InChI=1S/C13H23N5O3S/c1-11-14-7-8-18(11)10-13(3-4-13)9-16-12(19)15-5-6-17-22(2,20)21/h7-8,17H,3-6,9-10H2,1-2H3,(H2,15,16,19). The number of imidazole rings is 1. The quantitative estimate of drug-likeness (QED) is 0.575. The molecule has 3 N–H and O–H groups in total. The van der Waals surface area contributed by atoms with Crippen LogP contribution in [0.1, 0.15) is 18.7 Å². The molecule has 1 saturated carbocycles. The van der Waals surface area contributed by atoms with Gasteiger partial charge in [-0.25, -0.2) is 22.9 Å². The van der Waals surface area contributed by atoms with E-state index in [2.05, 4.69) is 24.9 Å². The van der Waals surface area contributed by atoms with Crippen molar-refractivity contribution in [1.82, 2.24) is 24.9 Å². The van der Waals surface area contributed by atoms with Crippen LogP contribution < -0.4 is 15.4 Å². The molecule has 22 heavy (non-hydrogen) atoms. The summed E-state index contributed by atoms with van der Waals surface area (Å²) in [7, 11) is -3.21. The van der Waals surface area contributed by atoms with Gasteiger partial charge in [0.15, 0.2) is 0 Å². The van der Waals surface area contributed by atoms with E-state index in [0.29, 0.717) is 6.54 Å². The Labute approximate surface area is 130 Å². The number of nitrogens with zero attached hydrogens (tertiary/aromatic N) is 2. The zero-order valence-corrected chi connectivity index (χ0v) is 13.7. The Morgan fingerprint density at radius 1 is 1.36 bits per heavy atom. The lowest BCUT2D eigenvalue weighted by atomic mass is 10.1. The number of amides is 2. The second-order valence-electron chi connectivity index (χ2n) is 5.88. The summed E-state index contributed by atoms with van der Waals surface area (Å²) in [5.41, 5.74) is 0.119. The maximum Gasteiger partial charge on any atom is 0.314 e. The first-order chi connectivity index (χ1) is 10.3. The third-order valence-electron chi connectivity index (χ3n) is 3.79. The Bertz CT molecular complexity index is 621. The van der Waals surface area contributed by atoms with Crippen LogP contribution in [0.2, 0.25) is 0 Å². The van der Waals surface area contributed by atoms with Crippen LogP contribution >= 0.6 is 0 Å². The average Bonchev–Trinajstić information content (AvgIpc) is 3.08. The number of rotatable bonds is 8. The lowest BCUT2D eigenvalue weighted by Crippen LogP contribution is -2.42. The lowest BCUT2D eigenvalue weighted by molar-refractivity contribution is 0.237. The van der Waals surface area contributed by atoms with Crippen molar-refractivity contribution in [3.05, 3.63) is 18.2 Å². The summed E-state index contributed by atoms with van der Waals surface area (Å²) in [4.78, 5) is 15.9. The minimum atomic E-state index is -3.21. The van der Waals surface area contributed by atoms with Crippen molar-refractivity contribution < 1.29 is 13.2 Å². The number of carbonyl (C=O) groups excluding carboxylic acids is 1. The summed E-state index contributed by atoms with van der Waals surface area (Å²) in [6.45, 7) is 3.87. The number of urea groups is 1. The number of carbonyl (C=O) groups is 1. The zero-order chi connectivity index (χ0) is 16.2. The van der Waals surface area contributed by atoms with Gasteiger partial charge in [-0.3, -0.25) is 0 Å². The van der Waals surface area contributed by atoms with Gasteiger partial charge in [-0.1, -0.05) is 0 Å². The maximum atomic E-state index is 11.7. The van der Waals surface area contributed by atoms with Crippen LogP contribution in [0.25, 0.3) is 0 Å². The molecular weight excluding hydrogens is 306 g/mol. The van der Waals surface area contributed by atoms with Gasteiger partial charge in [-0.15, -0.1) is 0 Å². The number of aromatic nitrogens is 2. The molecule has 0 bridgehead atoms. The second-order valence-corrected chi connectivity index (χ2v) is 7.71. The predicted molar refractivity (Wildman–Crippen MR) is 82.9 cm³/mol. The van der Waals surface area contributed by atoms with Crippen LogP contribution in [0.5, 0.6) is 0 Å². The Balaban J connectivity index is 1.67. The fourth-order valence-electron chi connectivity index (χ4n) is 2.24. The van der Waals surface area contributed by atoms with Gasteiger partial charge >= 0.3 is 6.03 Å². The fourth-order valence-corrected chi connectivity index (χ4v) is 2.72. The van der Waals surface area contributed by atoms with Crippen LogP contribution in [0.3, 0.4) is 0 Å². The van der Waals surface area contributed by atoms with Crippen molar-refractivity contribution in [3.8, 4) is 0 Å². The third kappa shape index (κ3) is 5.30. The van der Waals surface area contributed by atoms with Gasteiger partial charge in [-0.05, 0) is 19.8 Å². The van der Waals surface area contributed by atoms with E-state index in [1.54, 1.807) is 6.20 Å². The summed E-state index contributed by atoms with van der Waals surface area (Å²) >= 11 is 0. The minimum Gasteiger partial charge on any atom is -0.338 e. The largest absolute Gasteiger partial charge is 0.338 e. The smallest absolute Gasteiger partial charge is 0.314 e. The van der Waals surface area contributed by atoms with Gasteiger partial charge in [0.05, 0.1) is 6.26 Å². The number of hydrogen-bond donors (Lipinski definition) is 3. The molecule has 1 aliphatic carbocycles. The Kier molecular flexibility index (Phi) is 5.07. The topological polar surface area (TPSA) is 105 Å². The first-order valence-electron chi connectivity index (χ1n) is 7.24. The van der Waals surface area contributed by atoms with Gasteiger partial charge in [0, 0.05) is 44.0 Å². The van der Waals surface area contributed by atoms with Gasteiger partial charge in [-0.2, -0.15) is 0 Å². The van der Waals surface area contributed by atoms with Gasteiger partial charge in [0.25, 0.3) is 0 Å². The van der Waals surface area contributed by atoms with Gasteiger partial charge in [0.2, 0.25) is 10.0 Å². The molecule has 0 saturated heterocycles. The molecule has 1 aromatic heterocycles. The molecule has 0 aliphatic heterocycles. The van der Waals surface area contributed by atoms with Crippen LogP contribution in [0.4, 0.5) is 4.79 Å². The molecule has 1 fully saturated rings. The summed E-state index contributed by atoms with van der Waals surface area (Å²) in [5, 5.41) is 5.48. The molecule has 1 heterocycles. The molecule has 0 atom stereocenters. The second kappa shape index (κ2) is 6.66. The third-order valence-corrected chi connectivity index (χ3v) is 4.51. The molecule has 124 valence electrons. The van der Waals surface area contributed by atoms with Gasteiger partial charge in [0.1, 0.15) is 5.82 Å². The molecule has 0 unspecified atom stereocenters. The number of nitrogens with one attached hydrogen (secondary N) is 3. The van der Waals surface area contributed by atoms with E-state index in [1.165, 1.54) is 0 Å². The average molecular weight is 329 g/mol. The summed E-state index contributed by atoms with van der Waals surface area (Å²) in [6.07, 6.45) is 6.98. The molecule has 8 nitrogen and oxygen atoms in total. The molecular formula is C13H23N5O3S. The summed E-state index contributed by atoms with van der Waals surface area (Å²) < 4.78 is 26.2. The molecule has 1 aliphatic rings. The first kappa shape index (κ1) is 16.8. The van der Waals surface area contributed by atoms with E-state index in [-0.39, 0.29) is 24.5 Å². The van der Waals surface area contributed by atoms with E-state index in [9.17, 15) is 13.2 Å². The maximum absolute atomic E-state index is 11.7. The van der Waals surface area contributed by atoms with E-state index in [0.717, 1.165) is 31.5 Å². The number of sulfonamides is 1. The highest BCUT2D eigenvalue weighted by atomic mass is 32.2. The van der Waals surface area contributed by atoms with Crippen molar-refractivity contribution >= 4 is 16.1 Å². The van der Waals surface area contributed by atoms with Crippen LogP contribution in [0, 0.1) is 12.3 Å². The van der Waals surface area contributed by atoms with Gasteiger partial charge < -0.3 is 15.2 Å². The normalized spacial score (nSPS) is 16.3. The molecule has 0 spiro atoms. The molecule has 0 aromatic carbocycles. The highest BCUT2D eigenvalue weighted by Crippen LogP contribution is 2.46. The van der Waals surface area contributed by atoms with Crippen molar-refractivity contribution in [2.24, 2.45) is 5.41 Å². The molecule has 9 heteroatoms. The Morgan fingerprint density at radius 2 is 2.09 bits per heavy atom. The fraction of sp³-hybridized carbons (Fsp3) is 0.692. The Morgan fingerprint density at radius 3 is 2.64 bits per heavy atom. The monoisotopic (exact) mass is 329 g/mol.